The predicted molar refractivity (Wildman–Crippen MR) is 137 cm³/mol. The summed E-state index contributed by atoms with van der Waals surface area (Å²) in [7, 11) is 0. The first-order valence-electron chi connectivity index (χ1n) is 9.71. The molecule has 11 heteroatoms. The van der Waals surface area contributed by atoms with Gasteiger partial charge < -0.3 is 4.74 Å². The molecule has 172 valence electrons. The fraction of sp³-hybridized carbons (Fsp3) is 0.0435. The first-order valence-corrected chi connectivity index (χ1v) is 12.1. The number of nitro groups is 1. The van der Waals surface area contributed by atoms with Gasteiger partial charge in [-0.25, -0.2) is 5.01 Å². The Bertz CT molecular complexity index is 1350. The molecule has 3 aromatic rings. The third-order valence-electron chi connectivity index (χ3n) is 4.85. The van der Waals surface area contributed by atoms with E-state index in [0.29, 0.717) is 10.2 Å². The molecular weight excluding hydrogens is 638 g/mol. The largest absolute Gasteiger partial charge is 0.481 e. The average molecular weight is 652 g/mol. The van der Waals surface area contributed by atoms with Gasteiger partial charge in [0.25, 0.3) is 11.8 Å². The van der Waals surface area contributed by atoms with E-state index in [2.05, 4.69) is 53.2 Å². The molecule has 0 aromatic heterocycles. The van der Waals surface area contributed by atoms with Crippen molar-refractivity contribution < 1.29 is 19.2 Å². The van der Waals surface area contributed by atoms with Gasteiger partial charge in [-0.15, -0.1) is 0 Å². The van der Waals surface area contributed by atoms with Crippen LogP contribution < -0.4 is 15.2 Å². The highest BCUT2D eigenvalue weighted by Gasteiger charge is 2.35. The molecule has 1 saturated heterocycles. The Labute approximate surface area is 219 Å². The Morgan fingerprint density at radius 2 is 1.74 bits per heavy atom. The van der Waals surface area contributed by atoms with Crippen molar-refractivity contribution in [1.29, 1.82) is 0 Å². The number of carbonyl (C=O) groups is 2. The van der Waals surface area contributed by atoms with Gasteiger partial charge in [0.2, 0.25) is 5.75 Å². The van der Waals surface area contributed by atoms with Crippen LogP contribution in [0, 0.1) is 10.1 Å². The number of carbonyl (C=O) groups excluding carboxylic acids is 2. The van der Waals surface area contributed by atoms with Gasteiger partial charge in [0.05, 0.1) is 10.6 Å². The molecule has 8 nitrogen and oxygen atoms in total. The molecule has 4 rings (SSSR count). The number of halogens is 3. The van der Waals surface area contributed by atoms with Gasteiger partial charge in [-0.2, -0.15) is 0 Å². The lowest BCUT2D eigenvalue weighted by Gasteiger charge is -2.14. The molecule has 1 heterocycles. The molecule has 0 unspecified atom stereocenters. The zero-order valence-electron chi connectivity index (χ0n) is 17.1. The Morgan fingerprint density at radius 1 is 1.00 bits per heavy atom. The van der Waals surface area contributed by atoms with Crippen LogP contribution >= 0.6 is 47.8 Å². The highest BCUT2D eigenvalue weighted by atomic mass is 79.9. The van der Waals surface area contributed by atoms with Crippen molar-refractivity contribution in [3.8, 4) is 5.75 Å². The quantitative estimate of drug-likeness (QED) is 0.154. The van der Waals surface area contributed by atoms with E-state index in [4.69, 9.17) is 4.74 Å². The summed E-state index contributed by atoms with van der Waals surface area (Å²) in [4.78, 5) is 36.8. The third-order valence-corrected chi connectivity index (χ3v) is 6.54. The number of nitrogens with one attached hydrogen (secondary N) is 1. The Hall–Kier alpha value is -3.02. The molecule has 34 heavy (non-hydrogen) atoms. The van der Waals surface area contributed by atoms with E-state index in [1.54, 1.807) is 36.4 Å². The van der Waals surface area contributed by atoms with E-state index >= 15 is 0 Å². The molecule has 0 radical (unpaired) electrons. The van der Waals surface area contributed by atoms with E-state index in [-0.39, 0.29) is 29.2 Å². The fourth-order valence-electron chi connectivity index (χ4n) is 3.26. The normalized spacial score (nSPS) is 14.4. The number of anilines is 1. The monoisotopic (exact) mass is 649 g/mol. The van der Waals surface area contributed by atoms with Crippen molar-refractivity contribution in [2.75, 3.05) is 5.01 Å². The van der Waals surface area contributed by atoms with Gasteiger partial charge in [-0.05, 0) is 36.4 Å². The van der Waals surface area contributed by atoms with Crippen LogP contribution in [0.4, 0.5) is 11.4 Å². The van der Waals surface area contributed by atoms with E-state index < -0.39 is 16.7 Å². The molecule has 1 aliphatic rings. The molecule has 0 bridgehead atoms. The van der Waals surface area contributed by atoms with Gasteiger partial charge >= 0.3 is 5.69 Å². The highest BCUT2D eigenvalue weighted by molar-refractivity contribution is 9.11. The number of ether oxygens (including phenoxy) is 1. The molecule has 2 amide bonds. The summed E-state index contributed by atoms with van der Waals surface area (Å²) in [6.45, 7) is 0.0167. The zero-order valence-corrected chi connectivity index (χ0v) is 21.9. The topological polar surface area (TPSA) is 102 Å². The van der Waals surface area contributed by atoms with Gasteiger partial charge in [0.15, 0.2) is 0 Å². The third kappa shape index (κ3) is 5.06. The van der Waals surface area contributed by atoms with Crippen LogP contribution in [0.15, 0.2) is 79.7 Å². The summed E-state index contributed by atoms with van der Waals surface area (Å²) >= 11 is 10.1. The number of amides is 2. The first-order chi connectivity index (χ1) is 16.2. The van der Waals surface area contributed by atoms with Gasteiger partial charge in [0, 0.05) is 30.6 Å². The van der Waals surface area contributed by atoms with Crippen LogP contribution in [-0.2, 0) is 16.2 Å². The minimum Gasteiger partial charge on any atom is -0.481 e. The van der Waals surface area contributed by atoms with Crippen LogP contribution in [0.5, 0.6) is 5.75 Å². The van der Waals surface area contributed by atoms with Crippen molar-refractivity contribution in [1.82, 2.24) is 5.43 Å². The molecule has 1 fully saturated rings. The number of nitrogens with zero attached hydrogens (tertiary/aromatic N) is 2. The summed E-state index contributed by atoms with van der Waals surface area (Å²) in [6, 6.07) is 16.9. The van der Waals surface area contributed by atoms with Crippen molar-refractivity contribution in [3.63, 3.8) is 0 Å². The smallest absolute Gasteiger partial charge is 0.312 e. The maximum Gasteiger partial charge on any atom is 0.312 e. The second-order valence-corrected chi connectivity index (χ2v) is 9.79. The number of hydrogen-bond donors (Lipinski definition) is 1. The van der Waals surface area contributed by atoms with Crippen LogP contribution in [-0.4, -0.2) is 16.7 Å². The van der Waals surface area contributed by atoms with E-state index in [1.807, 2.05) is 18.2 Å². The van der Waals surface area contributed by atoms with Crippen molar-refractivity contribution in [2.24, 2.45) is 0 Å². The summed E-state index contributed by atoms with van der Waals surface area (Å²) in [5.41, 5.74) is 3.48. The Kier molecular flexibility index (Phi) is 7.15. The minimum absolute atomic E-state index is 0.0167. The lowest BCUT2D eigenvalue weighted by Crippen LogP contribution is -2.35. The van der Waals surface area contributed by atoms with Crippen molar-refractivity contribution in [2.45, 2.75) is 6.61 Å². The second-order valence-electron chi connectivity index (χ2n) is 7.10. The standard InChI is InChI=1S/C23H14Br3N3O5/c24-15-7-6-13(19(26)10-15)12-34-21-14(8-16(25)11-20(21)29(32)33)9-18-22(30)27-28(23(18)31)17-4-2-1-3-5-17/h1-11H,12H2,(H,27,30)/b18-9-. The van der Waals surface area contributed by atoms with Gasteiger partial charge in [-0.1, -0.05) is 72.1 Å². The Morgan fingerprint density at radius 3 is 2.41 bits per heavy atom. The number of para-hydroxylation sites is 1. The Balaban J connectivity index is 1.74. The van der Waals surface area contributed by atoms with Crippen LogP contribution in [0.3, 0.4) is 0 Å². The van der Waals surface area contributed by atoms with Gasteiger partial charge in [0.1, 0.15) is 12.2 Å². The minimum atomic E-state index is -0.627. The predicted octanol–water partition coefficient (Wildman–Crippen LogP) is 5.92. The SMILES string of the molecule is O=C1NN(c2ccccc2)C(=O)/C1=C\c1cc(Br)cc([N+](=O)[O-])c1OCc1ccc(Br)cc1Br. The van der Waals surface area contributed by atoms with E-state index in [0.717, 1.165) is 19.5 Å². The fourth-order valence-corrected chi connectivity index (χ4v) is 4.89. The highest BCUT2D eigenvalue weighted by Crippen LogP contribution is 2.37. The maximum absolute atomic E-state index is 13.0. The van der Waals surface area contributed by atoms with Crippen LogP contribution in [0.1, 0.15) is 11.1 Å². The lowest BCUT2D eigenvalue weighted by molar-refractivity contribution is -0.386. The molecule has 1 N–H and O–H groups in total. The molecule has 0 aliphatic carbocycles. The molecular formula is C23H14Br3N3O5. The number of hydrazine groups is 1. The number of benzene rings is 3. The molecule has 1 aliphatic heterocycles. The number of nitro benzene ring substituents is 1. The summed E-state index contributed by atoms with van der Waals surface area (Å²) in [5.74, 6) is -1.27. The van der Waals surface area contributed by atoms with E-state index in [1.165, 1.54) is 12.1 Å². The van der Waals surface area contributed by atoms with Crippen LogP contribution in [0.25, 0.3) is 6.08 Å². The summed E-state index contributed by atoms with van der Waals surface area (Å²) in [5, 5.41) is 12.9. The maximum atomic E-state index is 13.0. The van der Waals surface area contributed by atoms with Gasteiger partial charge in [-0.3, -0.25) is 25.1 Å². The molecule has 3 aromatic carbocycles. The molecule has 0 atom stereocenters. The van der Waals surface area contributed by atoms with Crippen molar-refractivity contribution in [3.05, 3.63) is 101 Å². The second kappa shape index (κ2) is 10.1. The number of hydrogen-bond acceptors (Lipinski definition) is 5. The van der Waals surface area contributed by atoms with E-state index in [9.17, 15) is 19.7 Å². The molecule has 0 spiro atoms. The van der Waals surface area contributed by atoms with Crippen molar-refractivity contribution >= 4 is 77.1 Å². The number of rotatable bonds is 6. The average Bonchev–Trinajstić information content (AvgIpc) is 3.08. The summed E-state index contributed by atoms with van der Waals surface area (Å²) < 4.78 is 7.89. The first kappa shape index (κ1) is 24.1. The lowest BCUT2D eigenvalue weighted by atomic mass is 10.1. The molecule has 0 saturated carbocycles. The zero-order chi connectivity index (χ0) is 24.4. The summed E-state index contributed by atoms with van der Waals surface area (Å²) in [6.07, 6.45) is 1.30. The van der Waals surface area contributed by atoms with Crippen LogP contribution in [0.2, 0.25) is 0 Å².